The van der Waals surface area contributed by atoms with Crippen LogP contribution in [0.15, 0.2) is 33.5 Å². The van der Waals surface area contributed by atoms with Gasteiger partial charge in [0.25, 0.3) is 0 Å². The summed E-state index contributed by atoms with van der Waals surface area (Å²) in [6, 6.07) is 5.10. The number of hydrogen-bond donors (Lipinski definition) is 4. The molecule has 178 valence electrons. The van der Waals surface area contributed by atoms with Gasteiger partial charge in [0, 0.05) is 24.2 Å². The monoisotopic (exact) mass is 479 g/mol. The van der Waals surface area contributed by atoms with E-state index >= 15 is 0 Å². The molecular formula is C23H26ClNO8. The fourth-order valence-corrected chi connectivity index (χ4v) is 3.93. The molecule has 4 rings (SSSR count). The molecule has 10 heteroatoms. The first-order chi connectivity index (χ1) is 15.4. The topological polar surface area (TPSA) is 133 Å². The van der Waals surface area contributed by atoms with Crippen LogP contribution in [0.3, 0.4) is 0 Å². The fraction of sp³-hybridized carbons (Fsp3) is 0.348. The van der Waals surface area contributed by atoms with Crippen LogP contribution in [0, 0.1) is 0 Å². The molecule has 0 spiro atoms. The summed E-state index contributed by atoms with van der Waals surface area (Å²) in [6.45, 7) is 3.24. The number of methoxy groups -OCH3 is 1. The predicted octanol–water partition coefficient (Wildman–Crippen LogP) is 3.58. The summed E-state index contributed by atoms with van der Waals surface area (Å²) in [5.74, 6) is -2.17. The number of likely N-dealkylation sites (tertiary alicyclic amines) is 1. The van der Waals surface area contributed by atoms with Gasteiger partial charge in [-0.25, -0.2) is 0 Å². The van der Waals surface area contributed by atoms with Crippen LogP contribution in [0.5, 0.6) is 34.5 Å². The maximum atomic E-state index is 13.0. The van der Waals surface area contributed by atoms with E-state index in [1.165, 1.54) is 38.5 Å². The largest absolute Gasteiger partial charge is 0.507 e. The number of nitrogens with zero attached hydrogens (tertiary/aromatic N) is 1. The molecule has 33 heavy (non-hydrogen) atoms. The first kappa shape index (κ1) is 24.3. The molecule has 0 radical (unpaired) electrons. The van der Waals surface area contributed by atoms with E-state index in [1.807, 2.05) is 0 Å². The molecule has 0 atom stereocenters. The van der Waals surface area contributed by atoms with Gasteiger partial charge in [-0.3, -0.25) is 9.69 Å². The lowest BCUT2D eigenvalue weighted by Gasteiger charge is -2.26. The Morgan fingerprint density at radius 3 is 2.27 bits per heavy atom. The van der Waals surface area contributed by atoms with Crippen LogP contribution in [0.1, 0.15) is 19.3 Å². The average molecular weight is 480 g/mol. The highest BCUT2D eigenvalue weighted by molar-refractivity contribution is 5.88. The van der Waals surface area contributed by atoms with Crippen molar-refractivity contribution in [1.29, 1.82) is 0 Å². The van der Waals surface area contributed by atoms with E-state index in [2.05, 4.69) is 4.90 Å². The molecule has 2 aromatic carbocycles. The minimum atomic E-state index is -0.696. The van der Waals surface area contributed by atoms with Gasteiger partial charge in [0.05, 0.1) is 7.11 Å². The minimum absolute atomic E-state index is 0. The summed E-state index contributed by atoms with van der Waals surface area (Å²) in [6.07, 6.45) is 3.60. The van der Waals surface area contributed by atoms with E-state index in [0.29, 0.717) is 12.4 Å². The highest BCUT2D eigenvalue weighted by atomic mass is 35.5. The van der Waals surface area contributed by atoms with Crippen molar-refractivity contribution in [3.8, 4) is 45.8 Å². The van der Waals surface area contributed by atoms with Crippen LogP contribution in [-0.4, -0.2) is 58.7 Å². The third-order valence-corrected chi connectivity index (χ3v) is 5.57. The van der Waals surface area contributed by atoms with E-state index < -0.39 is 22.7 Å². The van der Waals surface area contributed by atoms with Crippen LogP contribution >= 0.6 is 12.4 Å². The summed E-state index contributed by atoms with van der Waals surface area (Å²) >= 11 is 0. The van der Waals surface area contributed by atoms with Crippen LogP contribution in [-0.2, 0) is 0 Å². The molecule has 3 aromatic rings. The van der Waals surface area contributed by atoms with Gasteiger partial charge in [0.2, 0.25) is 11.2 Å². The summed E-state index contributed by atoms with van der Waals surface area (Å²) in [7, 11) is 1.26. The van der Waals surface area contributed by atoms with Crippen molar-refractivity contribution in [1.82, 2.24) is 4.90 Å². The molecule has 1 saturated heterocycles. The van der Waals surface area contributed by atoms with Gasteiger partial charge < -0.3 is 34.3 Å². The SMILES string of the molecule is COc1c(-c2cc(O)c(O)c(O)c2)oc2cc(OCCN3CCCCC3)cc(O)c2c1=O.Cl. The molecule has 1 aromatic heterocycles. The van der Waals surface area contributed by atoms with Crippen LogP contribution in [0.25, 0.3) is 22.3 Å². The lowest BCUT2D eigenvalue weighted by Crippen LogP contribution is -2.33. The first-order valence-corrected chi connectivity index (χ1v) is 10.4. The molecule has 1 aliphatic heterocycles. The minimum Gasteiger partial charge on any atom is -0.507 e. The van der Waals surface area contributed by atoms with Gasteiger partial charge in [-0.2, -0.15) is 0 Å². The van der Waals surface area contributed by atoms with E-state index in [-0.39, 0.29) is 46.2 Å². The zero-order valence-corrected chi connectivity index (χ0v) is 18.9. The molecule has 0 bridgehead atoms. The number of ether oxygens (including phenoxy) is 2. The molecular weight excluding hydrogens is 454 g/mol. The second-order valence-corrected chi connectivity index (χ2v) is 7.72. The molecule has 0 unspecified atom stereocenters. The molecule has 0 amide bonds. The van der Waals surface area contributed by atoms with Gasteiger partial charge in [0.15, 0.2) is 23.0 Å². The van der Waals surface area contributed by atoms with Crippen molar-refractivity contribution in [3.63, 3.8) is 0 Å². The molecule has 1 fully saturated rings. The number of hydrogen-bond acceptors (Lipinski definition) is 9. The maximum absolute atomic E-state index is 13.0. The van der Waals surface area contributed by atoms with Crippen LogP contribution < -0.4 is 14.9 Å². The number of halogens is 1. The number of phenols is 4. The lowest BCUT2D eigenvalue weighted by atomic mass is 10.1. The average Bonchev–Trinajstić information content (AvgIpc) is 2.77. The smallest absolute Gasteiger partial charge is 0.239 e. The molecule has 1 aliphatic rings. The summed E-state index contributed by atoms with van der Waals surface area (Å²) in [5, 5.41) is 39.7. The Labute approximate surface area is 195 Å². The Hall–Kier alpha value is -3.30. The van der Waals surface area contributed by atoms with Gasteiger partial charge in [-0.15, -0.1) is 12.4 Å². The quantitative estimate of drug-likeness (QED) is 0.391. The Morgan fingerprint density at radius 1 is 0.970 bits per heavy atom. The zero-order chi connectivity index (χ0) is 22.8. The number of piperidine rings is 1. The summed E-state index contributed by atoms with van der Waals surface area (Å²) in [4.78, 5) is 15.3. The predicted molar refractivity (Wildman–Crippen MR) is 124 cm³/mol. The fourth-order valence-electron chi connectivity index (χ4n) is 3.93. The van der Waals surface area contributed by atoms with Crippen molar-refractivity contribution >= 4 is 23.4 Å². The Kier molecular flexibility index (Phi) is 7.45. The van der Waals surface area contributed by atoms with Gasteiger partial charge >= 0.3 is 0 Å². The number of aromatic hydroxyl groups is 4. The number of fused-ring (bicyclic) bond motifs is 1. The second-order valence-electron chi connectivity index (χ2n) is 7.72. The number of benzene rings is 2. The third-order valence-electron chi connectivity index (χ3n) is 5.57. The standard InChI is InChI=1S/C23H25NO8.ClH/c1-30-23-21(29)19-15(25)11-14(31-8-7-24-5-3-2-4-6-24)12-18(19)32-22(23)13-9-16(26)20(28)17(27)10-13;/h9-12,25-28H,2-8H2,1H3;1H. The van der Waals surface area contributed by atoms with Crippen LogP contribution in [0.4, 0.5) is 0 Å². The summed E-state index contributed by atoms with van der Waals surface area (Å²) in [5.41, 5.74) is -0.483. The van der Waals surface area contributed by atoms with E-state index in [1.54, 1.807) is 0 Å². The van der Waals surface area contributed by atoms with Gasteiger partial charge in [0.1, 0.15) is 29.1 Å². The van der Waals surface area contributed by atoms with Crippen molar-refractivity contribution in [2.24, 2.45) is 0 Å². The van der Waals surface area contributed by atoms with E-state index in [4.69, 9.17) is 13.9 Å². The normalized spacial score (nSPS) is 14.1. The first-order valence-electron chi connectivity index (χ1n) is 10.4. The van der Waals surface area contributed by atoms with Crippen molar-refractivity contribution in [2.75, 3.05) is 33.4 Å². The highest BCUT2D eigenvalue weighted by Crippen LogP contribution is 2.42. The number of rotatable bonds is 6. The van der Waals surface area contributed by atoms with E-state index in [9.17, 15) is 25.2 Å². The third kappa shape index (κ3) is 4.89. The molecule has 9 nitrogen and oxygen atoms in total. The Balaban J connectivity index is 0.00000306. The highest BCUT2D eigenvalue weighted by Gasteiger charge is 2.22. The van der Waals surface area contributed by atoms with E-state index in [0.717, 1.165) is 31.8 Å². The van der Waals surface area contributed by atoms with Crippen molar-refractivity contribution in [3.05, 3.63) is 34.5 Å². The van der Waals surface area contributed by atoms with Crippen LogP contribution in [0.2, 0.25) is 0 Å². The van der Waals surface area contributed by atoms with Gasteiger partial charge in [-0.1, -0.05) is 6.42 Å². The summed E-state index contributed by atoms with van der Waals surface area (Å²) < 4.78 is 16.8. The van der Waals surface area contributed by atoms with Crippen molar-refractivity contribution < 1.29 is 34.3 Å². The van der Waals surface area contributed by atoms with Crippen molar-refractivity contribution in [2.45, 2.75) is 19.3 Å². The molecule has 0 saturated carbocycles. The number of phenolic OH excluding ortho intramolecular Hbond substituents is 4. The molecule has 2 heterocycles. The van der Waals surface area contributed by atoms with Gasteiger partial charge in [-0.05, 0) is 38.1 Å². The second kappa shape index (κ2) is 10.1. The lowest BCUT2D eigenvalue weighted by molar-refractivity contribution is 0.183. The zero-order valence-electron chi connectivity index (χ0n) is 18.0. The molecule has 0 aliphatic carbocycles. The Morgan fingerprint density at radius 2 is 1.64 bits per heavy atom. The Bertz CT molecular complexity index is 1180. The maximum Gasteiger partial charge on any atom is 0.239 e. The molecule has 4 N–H and O–H groups in total.